The van der Waals surface area contributed by atoms with Gasteiger partial charge < -0.3 is 9.73 Å². The number of benzene rings is 1. The van der Waals surface area contributed by atoms with E-state index in [0.717, 1.165) is 23.5 Å². The summed E-state index contributed by atoms with van der Waals surface area (Å²) in [5.41, 5.74) is 1.10. The van der Waals surface area contributed by atoms with E-state index in [1.165, 1.54) is 12.1 Å². The van der Waals surface area contributed by atoms with Gasteiger partial charge in [-0.1, -0.05) is 19.1 Å². The summed E-state index contributed by atoms with van der Waals surface area (Å²) >= 11 is 0. The van der Waals surface area contributed by atoms with E-state index in [-0.39, 0.29) is 11.9 Å². The van der Waals surface area contributed by atoms with E-state index in [9.17, 15) is 4.39 Å². The molecule has 1 N–H and O–H groups in total. The molecule has 3 heteroatoms. The minimum atomic E-state index is -0.199. The van der Waals surface area contributed by atoms with Gasteiger partial charge >= 0.3 is 0 Å². The van der Waals surface area contributed by atoms with E-state index in [2.05, 4.69) is 12.2 Å². The van der Waals surface area contributed by atoms with Gasteiger partial charge in [0.15, 0.2) is 0 Å². The largest absolute Gasteiger partial charge is 0.465 e. The van der Waals surface area contributed by atoms with E-state index in [1.807, 2.05) is 31.2 Å². The summed E-state index contributed by atoms with van der Waals surface area (Å²) in [7, 11) is 0. The van der Waals surface area contributed by atoms with Gasteiger partial charge in [0.1, 0.15) is 17.3 Å². The fraction of sp³-hybridized carbons (Fsp3) is 0.333. The van der Waals surface area contributed by atoms with Crippen LogP contribution in [0.1, 0.15) is 36.5 Å². The van der Waals surface area contributed by atoms with Gasteiger partial charge in [0.05, 0.1) is 6.54 Å². The average Bonchev–Trinajstić information content (AvgIpc) is 2.78. The molecule has 0 radical (unpaired) electrons. The van der Waals surface area contributed by atoms with Crippen molar-refractivity contribution < 1.29 is 8.81 Å². The van der Waals surface area contributed by atoms with Gasteiger partial charge in [-0.2, -0.15) is 0 Å². The van der Waals surface area contributed by atoms with Crippen molar-refractivity contribution in [2.45, 2.75) is 32.9 Å². The molecule has 0 saturated carbocycles. The van der Waals surface area contributed by atoms with Crippen molar-refractivity contribution >= 4 is 0 Å². The molecule has 0 aliphatic rings. The predicted molar refractivity (Wildman–Crippen MR) is 69.7 cm³/mol. The van der Waals surface area contributed by atoms with E-state index in [4.69, 9.17) is 4.42 Å². The van der Waals surface area contributed by atoms with Gasteiger partial charge in [0.2, 0.25) is 0 Å². The van der Waals surface area contributed by atoms with E-state index in [1.54, 1.807) is 0 Å². The zero-order chi connectivity index (χ0) is 13.0. The number of hydrogen-bond donors (Lipinski definition) is 1. The van der Waals surface area contributed by atoms with Crippen molar-refractivity contribution in [1.29, 1.82) is 0 Å². The highest BCUT2D eigenvalue weighted by molar-refractivity contribution is 5.20. The molecule has 1 aromatic heterocycles. The Morgan fingerprint density at radius 1 is 1.17 bits per heavy atom. The monoisotopic (exact) mass is 247 g/mol. The summed E-state index contributed by atoms with van der Waals surface area (Å²) in [6, 6.07) is 10.8. The first-order valence-corrected chi connectivity index (χ1v) is 6.23. The second-order valence-corrected chi connectivity index (χ2v) is 4.41. The first kappa shape index (κ1) is 12.8. The summed E-state index contributed by atoms with van der Waals surface area (Å²) in [5.74, 6) is 1.64. The van der Waals surface area contributed by atoms with Crippen molar-refractivity contribution in [2.24, 2.45) is 0 Å². The normalized spacial score (nSPS) is 12.6. The summed E-state index contributed by atoms with van der Waals surface area (Å²) in [4.78, 5) is 0. The van der Waals surface area contributed by atoms with Crippen LogP contribution in [0.5, 0.6) is 0 Å². The Balaban J connectivity index is 1.99. The van der Waals surface area contributed by atoms with E-state index >= 15 is 0 Å². The third-order valence-corrected chi connectivity index (χ3v) is 3.00. The number of aryl methyl sites for hydroxylation is 1. The quantitative estimate of drug-likeness (QED) is 0.864. The lowest BCUT2D eigenvalue weighted by Gasteiger charge is -2.16. The molecule has 0 spiro atoms. The lowest BCUT2D eigenvalue weighted by molar-refractivity contribution is 0.430. The van der Waals surface area contributed by atoms with Crippen LogP contribution < -0.4 is 5.32 Å². The molecule has 0 fully saturated rings. The summed E-state index contributed by atoms with van der Waals surface area (Å²) in [5, 5.41) is 3.42. The van der Waals surface area contributed by atoms with Gasteiger partial charge in [-0.05, 0) is 43.2 Å². The predicted octanol–water partition coefficient (Wildman–Crippen LogP) is 3.97. The van der Waals surface area contributed by atoms with Crippen molar-refractivity contribution in [3.05, 3.63) is 59.3 Å². The highest BCUT2D eigenvalue weighted by atomic mass is 19.1. The van der Waals surface area contributed by atoms with Crippen LogP contribution in [0.2, 0.25) is 0 Å². The highest BCUT2D eigenvalue weighted by Gasteiger charge is 2.09. The number of furan rings is 1. The van der Waals surface area contributed by atoms with Crippen LogP contribution in [-0.4, -0.2) is 0 Å². The highest BCUT2D eigenvalue weighted by Crippen LogP contribution is 2.18. The Hall–Kier alpha value is -1.61. The molecule has 2 rings (SSSR count). The standard InChI is InChI=1S/C15H18FNO/c1-3-15(12-5-7-13(16)8-6-12)17-10-14-9-4-11(2)18-14/h4-9,15,17H,3,10H2,1-2H3. The minimum Gasteiger partial charge on any atom is -0.465 e. The van der Waals surface area contributed by atoms with Crippen molar-refractivity contribution in [3.63, 3.8) is 0 Å². The maximum atomic E-state index is 12.9. The lowest BCUT2D eigenvalue weighted by Crippen LogP contribution is -2.19. The molecule has 0 aliphatic carbocycles. The van der Waals surface area contributed by atoms with Gasteiger partial charge in [0.25, 0.3) is 0 Å². The third kappa shape index (κ3) is 3.20. The summed E-state index contributed by atoms with van der Waals surface area (Å²) < 4.78 is 18.4. The number of nitrogens with one attached hydrogen (secondary N) is 1. The minimum absolute atomic E-state index is 0.199. The first-order valence-electron chi connectivity index (χ1n) is 6.23. The molecular weight excluding hydrogens is 229 g/mol. The van der Waals surface area contributed by atoms with Crippen molar-refractivity contribution in [1.82, 2.24) is 5.32 Å². The second-order valence-electron chi connectivity index (χ2n) is 4.41. The zero-order valence-corrected chi connectivity index (χ0v) is 10.7. The van der Waals surface area contributed by atoms with Crippen LogP contribution in [0.4, 0.5) is 4.39 Å². The van der Waals surface area contributed by atoms with Crippen LogP contribution in [-0.2, 0) is 6.54 Å². The van der Waals surface area contributed by atoms with Crippen LogP contribution >= 0.6 is 0 Å². The Kier molecular flexibility index (Phi) is 4.15. The molecule has 0 saturated heterocycles. The average molecular weight is 247 g/mol. The zero-order valence-electron chi connectivity index (χ0n) is 10.7. The van der Waals surface area contributed by atoms with Crippen LogP contribution in [0.3, 0.4) is 0 Å². The van der Waals surface area contributed by atoms with Gasteiger partial charge in [-0.25, -0.2) is 4.39 Å². The molecule has 1 atom stereocenters. The fourth-order valence-electron chi connectivity index (χ4n) is 2.00. The molecule has 0 bridgehead atoms. The molecule has 96 valence electrons. The maximum absolute atomic E-state index is 12.9. The molecule has 1 heterocycles. The molecule has 18 heavy (non-hydrogen) atoms. The Bertz CT molecular complexity index is 489. The topological polar surface area (TPSA) is 25.2 Å². The lowest BCUT2D eigenvalue weighted by atomic mass is 10.0. The molecule has 2 aromatic rings. The Morgan fingerprint density at radius 2 is 1.89 bits per heavy atom. The van der Waals surface area contributed by atoms with Crippen LogP contribution in [0, 0.1) is 12.7 Å². The molecule has 0 amide bonds. The molecule has 0 aliphatic heterocycles. The van der Waals surface area contributed by atoms with Gasteiger partial charge in [0, 0.05) is 6.04 Å². The second kappa shape index (κ2) is 5.83. The molecule has 2 nitrogen and oxygen atoms in total. The van der Waals surface area contributed by atoms with E-state index < -0.39 is 0 Å². The molecule has 1 unspecified atom stereocenters. The van der Waals surface area contributed by atoms with Crippen molar-refractivity contribution in [3.8, 4) is 0 Å². The number of hydrogen-bond acceptors (Lipinski definition) is 2. The number of rotatable bonds is 5. The fourth-order valence-corrected chi connectivity index (χ4v) is 2.00. The maximum Gasteiger partial charge on any atom is 0.123 e. The Morgan fingerprint density at radius 3 is 2.44 bits per heavy atom. The van der Waals surface area contributed by atoms with Crippen molar-refractivity contribution in [2.75, 3.05) is 0 Å². The molecular formula is C15H18FNO. The summed E-state index contributed by atoms with van der Waals surface area (Å²) in [6.07, 6.45) is 0.950. The van der Waals surface area contributed by atoms with Crippen LogP contribution in [0.25, 0.3) is 0 Å². The third-order valence-electron chi connectivity index (χ3n) is 3.00. The van der Waals surface area contributed by atoms with Gasteiger partial charge in [-0.3, -0.25) is 0 Å². The van der Waals surface area contributed by atoms with E-state index in [0.29, 0.717) is 6.54 Å². The van der Waals surface area contributed by atoms with Crippen LogP contribution in [0.15, 0.2) is 40.8 Å². The smallest absolute Gasteiger partial charge is 0.123 e. The first-order chi connectivity index (χ1) is 8.69. The number of halogens is 1. The summed E-state index contributed by atoms with van der Waals surface area (Å²) in [6.45, 7) is 4.72. The SMILES string of the molecule is CCC(NCc1ccc(C)o1)c1ccc(F)cc1. The van der Waals surface area contributed by atoms with Gasteiger partial charge in [-0.15, -0.1) is 0 Å². The Labute approximate surface area is 107 Å². The molecule has 1 aromatic carbocycles.